The molecule has 0 aromatic carbocycles. The molecule has 0 radical (unpaired) electrons. The van der Waals surface area contributed by atoms with E-state index in [2.05, 4.69) is 21.2 Å². The van der Waals surface area contributed by atoms with E-state index in [0.717, 1.165) is 0 Å². The van der Waals surface area contributed by atoms with Gasteiger partial charge in [-0.15, -0.1) is 0 Å². The largest absolute Gasteiger partial charge is 0.458 e. The summed E-state index contributed by atoms with van der Waals surface area (Å²) in [5, 5.41) is 2.51. The van der Waals surface area contributed by atoms with Gasteiger partial charge in [-0.1, -0.05) is 0 Å². The van der Waals surface area contributed by atoms with E-state index in [1.807, 2.05) is 0 Å². The number of rotatable bonds is 4. The van der Waals surface area contributed by atoms with Crippen molar-refractivity contribution in [2.24, 2.45) is 0 Å². The number of carbonyl (C=O) groups excluding carboxylic acids is 2. The molecule has 1 amide bonds. The van der Waals surface area contributed by atoms with Crippen molar-refractivity contribution in [2.45, 2.75) is 45.9 Å². The Morgan fingerprint density at radius 3 is 2.57 bits per heavy atom. The van der Waals surface area contributed by atoms with Crippen LogP contribution in [0.5, 0.6) is 0 Å². The van der Waals surface area contributed by atoms with Crippen LogP contribution in [-0.4, -0.2) is 28.1 Å². The van der Waals surface area contributed by atoms with Gasteiger partial charge in [0.1, 0.15) is 18.2 Å². The lowest BCUT2D eigenvalue weighted by atomic mass is 10.2. The third kappa shape index (κ3) is 6.12. The number of carbonyl (C=O) groups is 2. The Kier molecular flexibility index (Phi) is 5.71. The summed E-state index contributed by atoms with van der Waals surface area (Å²) in [7, 11) is 0. The van der Waals surface area contributed by atoms with Gasteiger partial charge in [0.15, 0.2) is 0 Å². The van der Waals surface area contributed by atoms with Crippen LogP contribution in [0.25, 0.3) is 0 Å². The highest BCUT2D eigenvalue weighted by Crippen LogP contribution is 2.08. The second-order valence-electron chi connectivity index (χ2n) is 5.64. The minimum atomic E-state index is -0.778. The zero-order valence-corrected chi connectivity index (χ0v) is 14.1. The fraction of sp³-hybridized carbons (Fsp3) is 0.500. The Balaban J connectivity index is 2.63. The lowest BCUT2D eigenvalue weighted by molar-refractivity contribution is -0.158. The van der Waals surface area contributed by atoms with Gasteiger partial charge < -0.3 is 14.6 Å². The van der Waals surface area contributed by atoms with Crippen molar-refractivity contribution < 1.29 is 14.3 Å². The normalized spacial score (nSPS) is 12.6. The number of aromatic nitrogens is 1. The summed E-state index contributed by atoms with van der Waals surface area (Å²) in [6, 6.07) is 2.17. The van der Waals surface area contributed by atoms with Crippen LogP contribution in [0.15, 0.2) is 27.6 Å². The number of nitrogens with one attached hydrogen (secondary N) is 1. The Labute approximate surface area is 131 Å². The second-order valence-corrected chi connectivity index (χ2v) is 6.55. The van der Waals surface area contributed by atoms with Crippen molar-refractivity contribution in [1.29, 1.82) is 0 Å². The van der Waals surface area contributed by atoms with Crippen molar-refractivity contribution in [2.75, 3.05) is 0 Å². The molecule has 1 aromatic heterocycles. The smallest absolute Gasteiger partial charge is 0.328 e. The van der Waals surface area contributed by atoms with Crippen molar-refractivity contribution in [1.82, 2.24) is 9.88 Å². The zero-order valence-electron chi connectivity index (χ0n) is 12.5. The van der Waals surface area contributed by atoms with Crippen LogP contribution < -0.4 is 10.9 Å². The van der Waals surface area contributed by atoms with Crippen molar-refractivity contribution in [3.63, 3.8) is 0 Å². The second kappa shape index (κ2) is 6.89. The number of amides is 1. The number of halogens is 1. The van der Waals surface area contributed by atoms with Crippen LogP contribution in [0, 0.1) is 0 Å². The maximum atomic E-state index is 11.9. The zero-order chi connectivity index (χ0) is 16.2. The minimum absolute atomic E-state index is 0.161. The number of ether oxygens (including phenoxy) is 1. The number of hydrogen-bond donors (Lipinski definition) is 1. The summed E-state index contributed by atoms with van der Waals surface area (Å²) in [5.74, 6) is -0.953. The summed E-state index contributed by atoms with van der Waals surface area (Å²) in [4.78, 5) is 35.2. The van der Waals surface area contributed by atoms with E-state index >= 15 is 0 Å². The molecule has 0 aliphatic heterocycles. The highest BCUT2D eigenvalue weighted by atomic mass is 79.9. The van der Waals surface area contributed by atoms with Crippen LogP contribution in [-0.2, 0) is 20.9 Å². The molecule has 6 nitrogen and oxygen atoms in total. The lowest BCUT2D eigenvalue weighted by Gasteiger charge is -2.22. The van der Waals surface area contributed by atoms with Crippen LogP contribution in [0.3, 0.4) is 0 Å². The monoisotopic (exact) mass is 358 g/mol. The molecule has 0 fully saturated rings. The Bertz CT molecular complexity index is 589. The molecule has 0 spiro atoms. The molecule has 116 valence electrons. The lowest BCUT2D eigenvalue weighted by Crippen LogP contribution is -2.44. The maximum Gasteiger partial charge on any atom is 0.328 e. The average Bonchev–Trinajstić information content (AvgIpc) is 2.31. The first kappa shape index (κ1) is 17.4. The molecule has 0 unspecified atom stereocenters. The topological polar surface area (TPSA) is 77.4 Å². The molecule has 21 heavy (non-hydrogen) atoms. The van der Waals surface area contributed by atoms with Crippen molar-refractivity contribution >= 4 is 27.8 Å². The molecule has 0 saturated heterocycles. The molecule has 1 atom stereocenters. The molecule has 0 bridgehead atoms. The quantitative estimate of drug-likeness (QED) is 0.826. The first-order chi connectivity index (χ1) is 9.58. The van der Waals surface area contributed by atoms with Crippen molar-refractivity contribution in [3.05, 3.63) is 33.2 Å². The Hall–Kier alpha value is -1.63. The number of nitrogens with zero attached hydrogens (tertiary/aromatic N) is 1. The predicted octanol–water partition coefficient (Wildman–Crippen LogP) is 1.46. The van der Waals surface area contributed by atoms with Crippen LogP contribution in [0.4, 0.5) is 0 Å². The molecule has 0 aliphatic rings. The average molecular weight is 359 g/mol. The number of hydrogen-bond acceptors (Lipinski definition) is 4. The van der Waals surface area contributed by atoms with Crippen LogP contribution in [0.1, 0.15) is 27.7 Å². The van der Waals surface area contributed by atoms with E-state index in [-0.39, 0.29) is 12.1 Å². The van der Waals surface area contributed by atoms with Gasteiger partial charge in [0, 0.05) is 16.7 Å². The number of esters is 1. The fourth-order valence-electron chi connectivity index (χ4n) is 1.52. The van der Waals surface area contributed by atoms with Crippen LogP contribution >= 0.6 is 15.9 Å². The molecule has 1 N–H and O–H groups in total. The molecule has 0 saturated carbocycles. The summed E-state index contributed by atoms with van der Waals surface area (Å²) in [6.45, 7) is 6.63. The van der Waals surface area contributed by atoms with Crippen LogP contribution in [0.2, 0.25) is 0 Å². The van der Waals surface area contributed by atoms with E-state index in [0.29, 0.717) is 4.47 Å². The van der Waals surface area contributed by atoms with Gasteiger partial charge in [0.2, 0.25) is 5.91 Å². The molecule has 7 heteroatoms. The summed E-state index contributed by atoms with van der Waals surface area (Å²) >= 11 is 3.23. The van der Waals surface area contributed by atoms with E-state index in [9.17, 15) is 14.4 Å². The summed E-state index contributed by atoms with van der Waals surface area (Å²) in [6.07, 6.45) is 1.51. The standard InChI is InChI=1S/C14H19BrN2O4/c1-9(13(20)21-14(2,3)4)16-11(18)8-17-7-10(15)5-6-12(17)19/h5-7,9H,8H2,1-4H3,(H,16,18)/t9-/m1/s1. The predicted molar refractivity (Wildman–Crippen MR) is 81.9 cm³/mol. The minimum Gasteiger partial charge on any atom is -0.458 e. The third-order valence-electron chi connectivity index (χ3n) is 2.40. The first-order valence-electron chi connectivity index (χ1n) is 6.47. The highest BCUT2D eigenvalue weighted by Gasteiger charge is 2.23. The van der Waals surface area contributed by atoms with Gasteiger partial charge in [-0.25, -0.2) is 4.79 Å². The van der Waals surface area contributed by atoms with Gasteiger partial charge >= 0.3 is 5.97 Å². The molecule has 1 aromatic rings. The number of pyridine rings is 1. The molecule has 1 rings (SSSR count). The third-order valence-corrected chi connectivity index (χ3v) is 2.87. The molecular formula is C14H19BrN2O4. The maximum absolute atomic E-state index is 11.9. The fourth-order valence-corrected chi connectivity index (χ4v) is 1.90. The van der Waals surface area contributed by atoms with Gasteiger partial charge in [-0.3, -0.25) is 9.59 Å². The molecule has 0 aliphatic carbocycles. The van der Waals surface area contributed by atoms with Gasteiger partial charge in [-0.2, -0.15) is 0 Å². The van der Waals surface area contributed by atoms with E-state index in [1.54, 1.807) is 26.8 Å². The van der Waals surface area contributed by atoms with Crippen molar-refractivity contribution in [3.8, 4) is 0 Å². The Morgan fingerprint density at radius 2 is 2.00 bits per heavy atom. The van der Waals surface area contributed by atoms with E-state index < -0.39 is 23.5 Å². The Morgan fingerprint density at radius 1 is 1.38 bits per heavy atom. The van der Waals surface area contributed by atoms with Gasteiger partial charge in [0.25, 0.3) is 5.56 Å². The van der Waals surface area contributed by atoms with Gasteiger partial charge in [-0.05, 0) is 49.7 Å². The molecule has 1 heterocycles. The van der Waals surface area contributed by atoms with E-state index in [4.69, 9.17) is 4.74 Å². The molecular weight excluding hydrogens is 340 g/mol. The van der Waals surface area contributed by atoms with Gasteiger partial charge in [0.05, 0.1) is 0 Å². The highest BCUT2D eigenvalue weighted by molar-refractivity contribution is 9.10. The first-order valence-corrected chi connectivity index (χ1v) is 7.26. The summed E-state index contributed by atoms with van der Waals surface area (Å²) in [5.41, 5.74) is -0.907. The summed E-state index contributed by atoms with van der Waals surface area (Å²) < 4.78 is 7.10. The van der Waals surface area contributed by atoms with E-state index in [1.165, 1.54) is 23.8 Å². The SMILES string of the molecule is C[C@@H](NC(=O)Cn1cc(Br)ccc1=O)C(=O)OC(C)(C)C.